The number of hydrogen-bond donors (Lipinski definition) is 3. The molecule has 0 bridgehead atoms. The minimum absolute atomic E-state index is 0.201. The highest BCUT2D eigenvalue weighted by Gasteiger charge is 2.25. The average Bonchev–Trinajstić information content (AvgIpc) is 3.34. The fraction of sp³-hybridized carbons (Fsp3) is 0.0400. The minimum Gasteiger partial charge on any atom is -0.497 e. The predicted octanol–water partition coefficient (Wildman–Crippen LogP) is 4.92. The molecule has 1 aromatic heterocycles. The number of anilines is 2. The van der Waals surface area contributed by atoms with Crippen LogP contribution in [0.2, 0.25) is 0 Å². The molecule has 2 amide bonds. The van der Waals surface area contributed by atoms with Crippen molar-refractivity contribution in [2.24, 2.45) is 0 Å². The predicted molar refractivity (Wildman–Crippen MR) is 122 cm³/mol. The van der Waals surface area contributed by atoms with Crippen molar-refractivity contribution in [3.63, 3.8) is 0 Å². The summed E-state index contributed by atoms with van der Waals surface area (Å²) in [6.45, 7) is 0. The van der Waals surface area contributed by atoms with Crippen molar-refractivity contribution in [3.05, 3.63) is 89.6 Å². The molecule has 0 spiro atoms. The van der Waals surface area contributed by atoms with Crippen LogP contribution in [0.4, 0.5) is 11.4 Å². The number of nitrogens with one attached hydrogen (secondary N) is 3. The van der Waals surface area contributed by atoms with Gasteiger partial charge < -0.3 is 20.4 Å². The van der Waals surface area contributed by atoms with Gasteiger partial charge in [0.05, 0.1) is 7.11 Å². The SMILES string of the molecule is COc1ccc2[nH]cc(/C=C3/C(=O)Nc4ccc(C(=O)Nc5ccccc5)cc43)c2c1. The molecule has 31 heavy (non-hydrogen) atoms. The van der Waals surface area contributed by atoms with Gasteiger partial charge in [0, 0.05) is 50.7 Å². The van der Waals surface area contributed by atoms with E-state index in [0.717, 1.165) is 22.2 Å². The lowest BCUT2D eigenvalue weighted by atomic mass is 10.0. The van der Waals surface area contributed by atoms with Gasteiger partial charge in [0.25, 0.3) is 11.8 Å². The largest absolute Gasteiger partial charge is 0.497 e. The zero-order valence-corrected chi connectivity index (χ0v) is 16.7. The van der Waals surface area contributed by atoms with Crippen LogP contribution in [0.25, 0.3) is 22.6 Å². The third-order valence-electron chi connectivity index (χ3n) is 5.32. The molecule has 2 heterocycles. The summed E-state index contributed by atoms with van der Waals surface area (Å²) in [6, 6.07) is 20.2. The third kappa shape index (κ3) is 3.44. The average molecular weight is 409 g/mol. The van der Waals surface area contributed by atoms with Crippen molar-refractivity contribution in [2.75, 3.05) is 17.7 Å². The maximum atomic E-state index is 12.7. The van der Waals surface area contributed by atoms with E-state index in [-0.39, 0.29) is 11.8 Å². The number of para-hydroxylation sites is 1. The maximum Gasteiger partial charge on any atom is 0.256 e. The van der Waals surface area contributed by atoms with Crippen LogP contribution < -0.4 is 15.4 Å². The molecule has 0 radical (unpaired) electrons. The van der Waals surface area contributed by atoms with E-state index in [4.69, 9.17) is 4.74 Å². The molecule has 152 valence electrons. The van der Waals surface area contributed by atoms with Crippen molar-refractivity contribution in [2.45, 2.75) is 0 Å². The van der Waals surface area contributed by atoms with Crippen LogP contribution in [0.1, 0.15) is 21.5 Å². The van der Waals surface area contributed by atoms with Crippen molar-refractivity contribution in [3.8, 4) is 5.75 Å². The zero-order valence-electron chi connectivity index (χ0n) is 16.7. The lowest BCUT2D eigenvalue weighted by Gasteiger charge is -2.07. The number of aromatic amines is 1. The summed E-state index contributed by atoms with van der Waals surface area (Å²) < 4.78 is 5.33. The zero-order chi connectivity index (χ0) is 21.4. The molecule has 3 aromatic carbocycles. The summed E-state index contributed by atoms with van der Waals surface area (Å²) >= 11 is 0. The Morgan fingerprint density at radius 3 is 2.68 bits per heavy atom. The van der Waals surface area contributed by atoms with E-state index < -0.39 is 0 Å². The summed E-state index contributed by atoms with van der Waals surface area (Å²) in [5.41, 5.74) is 4.89. The molecule has 0 unspecified atom stereocenters. The van der Waals surface area contributed by atoms with Gasteiger partial charge in [0.15, 0.2) is 0 Å². The van der Waals surface area contributed by atoms with Gasteiger partial charge >= 0.3 is 0 Å². The number of carbonyl (C=O) groups is 2. The van der Waals surface area contributed by atoms with Gasteiger partial charge in [-0.1, -0.05) is 18.2 Å². The fourth-order valence-corrected chi connectivity index (χ4v) is 3.72. The first-order valence-electron chi connectivity index (χ1n) is 9.81. The second kappa shape index (κ2) is 7.50. The van der Waals surface area contributed by atoms with E-state index in [1.807, 2.05) is 60.8 Å². The second-order valence-corrected chi connectivity index (χ2v) is 7.25. The number of ether oxygens (including phenoxy) is 1. The van der Waals surface area contributed by atoms with E-state index in [9.17, 15) is 9.59 Å². The second-order valence-electron chi connectivity index (χ2n) is 7.25. The molecule has 4 aromatic rings. The standard InChI is InChI=1S/C25H19N3O3/c1-31-18-8-10-22-19(13-18)16(14-26-22)12-21-20-11-15(7-9-23(20)28-25(21)30)24(29)27-17-5-3-2-4-6-17/h2-14,26H,1H3,(H,27,29)(H,28,30)/b21-12+. The summed E-state index contributed by atoms with van der Waals surface area (Å²) in [4.78, 5) is 28.6. The normalized spacial score (nSPS) is 13.8. The highest BCUT2D eigenvalue weighted by Crippen LogP contribution is 2.35. The molecule has 6 nitrogen and oxygen atoms in total. The Morgan fingerprint density at radius 1 is 1.03 bits per heavy atom. The van der Waals surface area contributed by atoms with E-state index >= 15 is 0 Å². The number of aromatic nitrogens is 1. The number of methoxy groups -OCH3 is 1. The Labute approximate surface area is 178 Å². The van der Waals surface area contributed by atoms with Gasteiger partial charge in [-0.3, -0.25) is 9.59 Å². The van der Waals surface area contributed by atoms with Crippen LogP contribution in [-0.2, 0) is 4.79 Å². The first-order chi connectivity index (χ1) is 15.1. The molecule has 0 atom stereocenters. The first kappa shape index (κ1) is 18.7. The maximum absolute atomic E-state index is 12.7. The number of rotatable bonds is 4. The molecular weight excluding hydrogens is 390 g/mol. The molecule has 1 aliphatic heterocycles. The summed E-state index contributed by atoms with van der Waals surface area (Å²) in [5, 5.41) is 6.70. The van der Waals surface area contributed by atoms with Crippen molar-refractivity contribution in [1.29, 1.82) is 0 Å². The van der Waals surface area contributed by atoms with Gasteiger partial charge in [-0.05, 0) is 54.6 Å². The van der Waals surface area contributed by atoms with Gasteiger partial charge in [0.2, 0.25) is 0 Å². The van der Waals surface area contributed by atoms with E-state index in [1.54, 1.807) is 25.3 Å². The van der Waals surface area contributed by atoms with Gasteiger partial charge in [-0.2, -0.15) is 0 Å². The van der Waals surface area contributed by atoms with Crippen LogP contribution in [-0.4, -0.2) is 23.9 Å². The van der Waals surface area contributed by atoms with Gasteiger partial charge in [-0.15, -0.1) is 0 Å². The van der Waals surface area contributed by atoms with Crippen LogP contribution in [0, 0.1) is 0 Å². The van der Waals surface area contributed by atoms with Crippen LogP contribution in [0.15, 0.2) is 72.9 Å². The number of H-pyrrole nitrogens is 1. The van der Waals surface area contributed by atoms with Crippen molar-refractivity contribution >= 4 is 45.7 Å². The Bertz CT molecular complexity index is 1350. The molecular formula is C25H19N3O3. The lowest BCUT2D eigenvalue weighted by Crippen LogP contribution is -2.11. The molecule has 0 saturated heterocycles. The van der Waals surface area contributed by atoms with Crippen LogP contribution in [0.5, 0.6) is 5.75 Å². The lowest BCUT2D eigenvalue weighted by molar-refractivity contribution is -0.110. The highest BCUT2D eigenvalue weighted by atomic mass is 16.5. The Kier molecular flexibility index (Phi) is 4.52. The van der Waals surface area contributed by atoms with Crippen molar-refractivity contribution in [1.82, 2.24) is 4.98 Å². The molecule has 0 aliphatic carbocycles. The number of hydrogen-bond acceptors (Lipinski definition) is 3. The molecule has 1 aliphatic rings. The van der Waals surface area contributed by atoms with E-state index in [0.29, 0.717) is 28.1 Å². The molecule has 6 heteroatoms. The molecule has 0 fully saturated rings. The molecule has 3 N–H and O–H groups in total. The fourth-order valence-electron chi connectivity index (χ4n) is 3.72. The highest BCUT2D eigenvalue weighted by molar-refractivity contribution is 6.35. The number of amides is 2. The number of fused-ring (bicyclic) bond motifs is 2. The van der Waals surface area contributed by atoms with E-state index in [1.165, 1.54) is 0 Å². The van der Waals surface area contributed by atoms with Crippen LogP contribution in [0.3, 0.4) is 0 Å². The van der Waals surface area contributed by atoms with Crippen molar-refractivity contribution < 1.29 is 14.3 Å². The monoisotopic (exact) mass is 409 g/mol. The van der Waals surface area contributed by atoms with Gasteiger partial charge in [-0.25, -0.2) is 0 Å². The topological polar surface area (TPSA) is 83.2 Å². The summed E-state index contributed by atoms with van der Waals surface area (Å²) in [6.07, 6.45) is 3.69. The smallest absolute Gasteiger partial charge is 0.256 e. The summed E-state index contributed by atoms with van der Waals surface area (Å²) in [5.74, 6) is 0.306. The molecule has 0 saturated carbocycles. The minimum atomic E-state index is -0.232. The Balaban J connectivity index is 1.52. The number of benzene rings is 3. The third-order valence-corrected chi connectivity index (χ3v) is 5.32. The first-order valence-corrected chi connectivity index (χ1v) is 9.81. The summed E-state index contributed by atoms with van der Waals surface area (Å²) in [7, 11) is 1.62. The Morgan fingerprint density at radius 2 is 1.87 bits per heavy atom. The molecule has 5 rings (SSSR count). The number of carbonyl (C=O) groups excluding carboxylic acids is 2. The van der Waals surface area contributed by atoms with Gasteiger partial charge in [0.1, 0.15) is 5.75 Å². The van der Waals surface area contributed by atoms with E-state index in [2.05, 4.69) is 15.6 Å². The quantitative estimate of drug-likeness (QED) is 0.418. The van der Waals surface area contributed by atoms with Crippen LogP contribution >= 0.6 is 0 Å². The Hall–Kier alpha value is -4.32.